The largest absolute Gasteiger partial charge is 0.379 e. The summed E-state index contributed by atoms with van der Waals surface area (Å²) in [6.07, 6.45) is 0.565. The Bertz CT molecular complexity index is 732. The zero-order valence-electron chi connectivity index (χ0n) is 15.4. The normalized spacial score (nSPS) is 16.0. The molecule has 7 nitrogen and oxygen atoms in total. The van der Waals surface area contributed by atoms with Crippen LogP contribution >= 0.6 is 12.4 Å². The number of halogens is 1. The second-order valence-electron chi connectivity index (χ2n) is 6.73. The van der Waals surface area contributed by atoms with Crippen molar-refractivity contribution >= 4 is 28.3 Å². The highest BCUT2D eigenvalue weighted by molar-refractivity contribution is 7.89. The molecule has 1 heterocycles. The van der Waals surface area contributed by atoms with Gasteiger partial charge in [-0.25, -0.2) is 8.42 Å². The average molecular weight is 406 g/mol. The smallest absolute Gasteiger partial charge is 0.251 e. The van der Waals surface area contributed by atoms with Gasteiger partial charge in [-0.05, 0) is 38.0 Å². The molecule has 0 radical (unpaired) electrons. The van der Waals surface area contributed by atoms with Crippen LogP contribution in [0.3, 0.4) is 0 Å². The minimum atomic E-state index is -3.66. The fourth-order valence-electron chi connectivity index (χ4n) is 2.58. The minimum absolute atomic E-state index is 0. The molecular weight excluding hydrogens is 378 g/mol. The second-order valence-corrected chi connectivity index (χ2v) is 8.64. The Morgan fingerprint density at radius 1 is 1.31 bits per heavy atom. The van der Waals surface area contributed by atoms with E-state index in [0.717, 1.165) is 0 Å². The van der Waals surface area contributed by atoms with Gasteiger partial charge in [-0.3, -0.25) is 4.79 Å². The molecule has 26 heavy (non-hydrogen) atoms. The number of nitrogens with zero attached hydrogens (tertiary/aromatic N) is 1. The first-order valence-electron chi connectivity index (χ1n) is 8.44. The van der Waals surface area contributed by atoms with Gasteiger partial charge in [0.1, 0.15) is 0 Å². The molecule has 1 saturated heterocycles. The molecule has 1 amide bonds. The predicted molar refractivity (Wildman–Crippen MR) is 103 cm³/mol. The lowest BCUT2D eigenvalue weighted by Gasteiger charge is -2.27. The lowest BCUT2D eigenvalue weighted by molar-refractivity contribution is 0.0730. The van der Waals surface area contributed by atoms with Crippen LogP contribution in [0.5, 0.6) is 0 Å². The van der Waals surface area contributed by atoms with Crippen LogP contribution < -0.4 is 11.1 Å². The molecule has 0 aliphatic carbocycles. The highest BCUT2D eigenvalue weighted by Gasteiger charge is 2.29. The third kappa shape index (κ3) is 5.17. The quantitative estimate of drug-likeness (QED) is 0.739. The molecule has 0 spiro atoms. The zero-order valence-corrected chi connectivity index (χ0v) is 17.1. The van der Waals surface area contributed by atoms with Gasteiger partial charge in [-0.2, -0.15) is 4.31 Å². The van der Waals surface area contributed by atoms with E-state index in [0.29, 0.717) is 43.9 Å². The first-order chi connectivity index (χ1) is 11.7. The van der Waals surface area contributed by atoms with E-state index >= 15 is 0 Å². The molecule has 1 aromatic carbocycles. The van der Waals surface area contributed by atoms with Gasteiger partial charge in [0, 0.05) is 30.7 Å². The molecule has 1 aliphatic rings. The molecule has 0 saturated carbocycles. The van der Waals surface area contributed by atoms with Gasteiger partial charge in [0.05, 0.1) is 18.1 Å². The summed E-state index contributed by atoms with van der Waals surface area (Å²) in [5, 5.41) is 2.83. The van der Waals surface area contributed by atoms with E-state index in [9.17, 15) is 13.2 Å². The van der Waals surface area contributed by atoms with Gasteiger partial charge >= 0.3 is 0 Å². The minimum Gasteiger partial charge on any atom is -0.379 e. The van der Waals surface area contributed by atoms with E-state index in [1.54, 1.807) is 12.1 Å². The third-order valence-electron chi connectivity index (χ3n) is 4.26. The molecule has 148 valence electrons. The number of benzene rings is 1. The Kier molecular flexibility index (Phi) is 8.04. The molecule has 0 bridgehead atoms. The lowest BCUT2D eigenvalue weighted by atomic mass is 10.0. The topological polar surface area (TPSA) is 102 Å². The van der Waals surface area contributed by atoms with Crippen molar-refractivity contribution < 1.29 is 17.9 Å². The second kappa shape index (κ2) is 9.14. The van der Waals surface area contributed by atoms with Gasteiger partial charge in [-0.1, -0.05) is 13.0 Å². The average Bonchev–Trinajstić information content (AvgIpc) is 2.61. The molecule has 0 aromatic heterocycles. The van der Waals surface area contributed by atoms with Crippen LogP contribution in [0.2, 0.25) is 0 Å². The van der Waals surface area contributed by atoms with E-state index in [1.165, 1.54) is 10.4 Å². The monoisotopic (exact) mass is 405 g/mol. The van der Waals surface area contributed by atoms with Crippen LogP contribution in [0.1, 0.15) is 36.7 Å². The summed E-state index contributed by atoms with van der Waals surface area (Å²) in [4.78, 5) is 12.7. The van der Waals surface area contributed by atoms with Gasteiger partial charge < -0.3 is 15.8 Å². The first kappa shape index (κ1) is 22.9. The van der Waals surface area contributed by atoms with Crippen molar-refractivity contribution in [2.75, 3.05) is 32.8 Å². The van der Waals surface area contributed by atoms with Crippen LogP contribution in [0.15, 0.2) is 23.1 Å². The van der Waals surface area contributed by atoms with E-state index in [-0.39, 0.29) is 29.8 Å². The number of sulfonamides is 1. The summed E-state index contributed by atoms with van der Waals surface area (Å²) >= 11 is 0. The van der Waals surface area contributed by atoms with E-state index in [4.69, 9.17) is 10.5 Å². The Morgan fingerprint density at radius 3 is 2.46 bits per heavy atom. The molecule has 9 heteroatoms. The molecule has 3 N–H and O–H groups in total. The number of morpholine rings is 1. The maximum absolute atomic E-state index is 13.0. The van der Waals surface area contributed by atoms with Crippen LogP contribution in [0.4, 0.5) is 0 Å². The highest BCUT2D eigenvalue weighted by Crippen LogP contribution is 2.23. The zero-order chi connectivity index (χ0) is 18.7. The van der Waals surface area contributed by atoms with Crippen molar-refractivity contribution in [2.24, 2.45) is 5.73 Å². The molecule has 0 atom stereocenters. The highest BCUT2D eigenvalue weighted by atomic mass is 35.5. The number of rotatable bonds is 6. The third-order valence-corrected chi connectivity index (χ3v) is 6.24. The van der Waals surface area contributed by atoms with Gasteiger partial charge in [0.15, 0.2) is 0 Å². The van der Waals surface area contributed by atoms with E-state index in [2.05, 4.69) is 5.32 Å². The van der Waals surface area contributed by atoms with Gasteiger partial charge in [0.25, 0.3) is 5.91 Å². The molecule has 1 fully saturated rings. The van der Waals surface area contributed by atoms with Crippen LogP contribution in [0.25, 0.3) is 0 Å². The maximum Gasteiger partial charge on any atom is 0.251 e. The number of amides is 1. The predicted octanol–water partition coefficient (Wildman–Crippen LogP) is 1.16. The summed E-state index contributed by atoms with van der Waals surface area (Å²) in [5.74, 6) is -0.337. The standard InChI is InChI=1S/C17H27N3O4S.ClH/c1-4-13-5-6-14(16(21)19-17(2,3)12-18)11-15(13)25(22,23)20-7-9-24-10-8-20;/h5-6,11H,4,7-10,12,18H2,1-3H3,(H,19,21);1H. The number of carbonyl (C=O) groups excluding carboxylic acids is 1. The van der Waals surface area contributed by atoms with Crippen molar-refractivity contribution in [2.45, 2.75) is 37.6 Å². The number of nitrogens with one attached hydrogen (secondary N) is 1. The molecule has 0 unspecified atom stereocenters. The molecular formula is C17H28ClN3O4S. The number of hydrogen-bond acceptors (Lipinski definition) is 5. The molecule has 2 rings (SSSR count). The summed E-state index contributed by atoms with van der Waals surface area (Å²) < 4.78 is 32.7. The van der Waals surface area contributed by atoms with Crippen molar-refractivity contribution in [3.63, 3.8) is 0 Å². The number of ether oxygens (including phenoxy) is 1. The van der Waals surface area contributed by atoms with E-state index < -0.39 is 15.6 Å². The fraction of sp³-hybridized carbons (Fsp3) is 0.588. The number of carbonyl (C=O) groups is 1. The Hall–Kier alpha value is -1.19. The number of nitrogens with two attached hydrogens (primary N) is 1. The summed E-state index contributed by atoms with van der Waals surface area (Å²) in [6, 6.07) is 4.82. The summed E-state index contributed by atoms with van der Waals surface area (Å²) in [5.41, 5.74) is 6.09. The maximum atomic E-state index is 13.0. The van der Waals surface area contributed by atoms with Crippen molar-refractivity contribution in [1.82, 2.24) is 9.62 Å². The van der Waals surface area contributed by atoms with E-state index in [1.807, 2.05) is 20.8 Å². The lowest BCUT2D eigenvalue weighted by Crippen LogP contribution is -2.48. The SMILES string of the molecule is CCc1ccc(C(=O)NC(C)(C)CN)cc1S(=O)(=O)N1CCOCC1.Cl. The summed E-state index contributed by atoms with van der Waals surface area (Å²) in [7, 11) is -3.66. The van der Waals surface area contributed by atoms with Gasteiger partial charge in [-0.15, -0.1) is 12.4 Å². The molecule has 1 aliphatic heterocycles. The van der Waals surface area contributed by atoms with Crippen molar-refractivity contribution in [3.8, 4) is 0 Å². The Balaban J connectivity index is 0.00000338. The van der Waals surface area contributed by atoms with Crippen LogP contribution in [-0.4, -0.2) is 57.0 Å². The van der Waals surface area contributed by atoms with Crippen molar-refractivity contribution in [1.29, 1.82) is 0 Å². The molecule has 1 aromatic rings. The van der Waals surface area contributed by atoms with Crippen molar-refractivity contribution in [3.05, 3.63) is 29.3 Å². The summed E-state index contributed by atoms with van der Waals surface area (Å²) in [6.45, 7) is 7.21. The number of aryl methyl sites for hydroxylation is 1. The first-order valence-corrected chi connectivity index (χ1v) is 9.88. The van der Waals surface area contributed by atoms with Crippen LogP contribution in [0, 0.1) is 0 Å². The van der Waals surface area contributed by atoms with Gasteiger partial charge in [0.2, 0.25) is 10.0 Å². The Labute approximate surface area is 161 Å². The Morgan fingerprint density at radius 2 is 1.92 bits per heavy atom. The van der Waals surface area contributed by atoms with Crippen LogP contribution in [-0.2, 0) is 21.2 Å². The number of hydrogen-bond donors (Lipinski definition) is 2. The fourth-order valence-corrected chi connectivity index (χ4v) is 4.31.